The summed E-state index contributed by atoms with van der Waals surface area (Å²) in [6.07, 6.45) is 8.08. The van der Waals surface area contributed by atoms with Crippen molar-refractivity contribution in [2.24, 2.45) is 16.3 Å². The number of amides is 1. The Hall–Kier alpha value is -0.570. The smallest absolute Gasteiger partial charge is 0.220 e. The van der Waals surface area contributed by atoms with Gasteiger partial charge < -0.3 is 20.4 Å². The summed E-state index contributed by atoms with van der Waals surface area (Å²) in [5.41, 5.74) is 0.317. The second kappa shape index (κ2) is 9.29. The van der Waals surface area contributed by atoms with Crippen LogP contribution < -0.4 is 10.6 Å². The van der Waals surface area contributed by atoms with Crippen LogP contribution in [-0.2, 0) is 4.79 Å². The summed E-state index contributed by atoms with van der Waals surface area (Å²) < 4.78 is 0. The predicted molar refractivity (Wildman–Crippen MR) is 122 cm³/mol. The van der Waals surface area contributed by atoms with Crippen LogP contribution in [0.1, 0.15) is 51.9 Å². The molecule has 3 rings (SSSR count). The minimum Gasteiger partial charge on any atom is -0.355 e. The van der Waals surface area contributed by atoms with Crippen molar-refractivity contribution in [1.82, 2.24) is 20.4 Å². The van der Waals surface area contributed by atoms with Crippen LogP contribution in [0.4, 0.5) is 0 Å². The maximum atomic E-state index is 11.8. The van der Waals surface area contributed by atoms with Crippen molar-refractivity contribution >= 4 is 35.8 Å². The molecule has 3 aliphatic rings. The first kappa shape index (κ1) is 22.7. The zero-order chi connectivity index (χ0) is 18.8. The molecule has 0 aromatic heterocycles. The Labute approximate surface area is 181 Å². The minimum absolute atomic E-state index is 0. The molecule has 7 heteroatoms. The van der Waals surface area contributed by atoms with Crippen molar-refractivity contribution in [3.63, 3.8) is 0 Å². The lowest BCUT2D eigenvalue weighted by atomic mass is 9.75. The van der Waals surface area contributed by atoms with E-state index in [9.17, 15) is 4.79 Å². The fourth-order valence-electron chi connectivity index (χ4n) is 5.36. The number of guanidine groups is 1. The normalized spacial score (nSPS) is 34.6. The average molecular weight is 491 g/mol. The zero-order valence-corrected chi connectivity index (χ0v) is 19.8. The van der Waals surface area contributed by atoms with E-state index in [0.717, 1.165) is 50.9 Å². The van der Waals surface area contributed by atoms with E-state index in [1.54, 1.807) is 0 Å². The molecule has 0 bridgehead atoms. The first-order chi connectivity index (χ1) is 12.4. The van der Waals surface area contributed by atoms with Crippen molar-refractivity contribution in [3.8, 4) is 0 Å². The van der Waals surface area contributed by atoms with Gasteiger partial charge in [0.1, 0.15) is 0 Å². The van der Waals surface area contributed by atoms with Gasteiger partial charge in [-0.15, -0.1) is 24.0 Å². The van der Waals surface area contributed by atoms with Crippen LogP contribution in [0.3, 0.4) is 0 Å². The molecule has 1 aliphatic carbocycles. The third kappa shape index (κ3) is 5.08. The van der Waals surface area contributed by atoms with Gasteiger partial charge in [-0.1, -0.05) is 19.8 Å². The van der Waals surface area contributed by atoms with Gasteiger partial charge in [-0.3, -0.25) is 9.79 Å². The van der Waals surface area contributed by atoms with Gasteiger partial charge in [-0.05, 0) is 45.7 Å². The molecule has 1 spiro atoms. The van der Waals surface area contributed by atoms with Crippen molar-refractivity contribution in [1.29, 1.82) is 0 Å². The zero-order valence-electron chi connectivity index (χ0n) is 17.5. The Kier molecular flexibility index (Phi) is 7.81. The number of carbonyl (C=O) groups excluding carboxylic acids is 1. The third-order valence-corrected chi connectivity index (χ3v) is 6.96. The lowest BCUT2D eigenvalue weighted by Crippen LogP contribution is -2.58. The van der Waals surface area contributed by atoms with Crippen LogP contribution in [0.15, 0.2) is 4.99 Å². The average Bonchev–Trinajstić information content (AvgIpc) is 2.95. The summed E-state index contributed by atoms with van der Waals surface area (Å²) in [6, 6.07) is 0. The molecule has 6 nitrogen and oxygen atoms in total. The van der Waals surface area contributed by atoms with Crippen LogP contribution >= 0.6 is 24.0 Å². The maximum Gasteiger partial charge on any atom is 0.220 e. The van der Waals surface area contributed by atoms with E-state index >= 15 is 0 Å². The predicted octanol–water partition coefficient (Wildman–Crippen LogP) is 2.29. The van der Waals surface area contributed by atoms with Crippen LogP contribution in [0.5, 0.6) is 0 Å². The van der Waals surface area contributed by atoms with Gasteiger partial charge in [0, 0.05) is 50.6 Å². The van der Waals surface area contributed by atoms with Crippen LogP contribution in [0.2, 0.25) is 0 Å². The van der Waals surface area contributed by atoms with E-state index in [2.05, 4.69) is 46.4 Å². The molecule has 27 heavy (non-hydrogen) atoms. The highest BCUT2D eigenvalue weighted by Crippen LogP contribution is 2.37. The van der Waals surface area contributed by atoms with Crippen molar-refractivity contribution in [3.05, 3.63) is 0 Å². The largest absolute Gasteiger partial charge is 0.355 e. The highest BCUT2D eigenvalue weighted by molar-refractivity contribution is 14.0. The Morgan fingerprint density at radius 3 is 2.74 bits per heavy atom. The fraction of sp³-hybridized carbons (Fsp3) is 0.900. The van der Waals surface area contributed by atoms with Gasteiger partial charge in [-0.25, -0.2) is 0 Å². The van der Waals surface area contributed by atoms with Gasteiger partial charge >= 0.3 is 0 Å². The van der Waals surface area contributed by atoms with Crippen molar-refractivity contribution in [2.45, 2.75) is 57.4 Å². The van der Waals surface area contributed by atoms with Crippen LogP contribution in [0.25, 0.3) is 0 Å². The Morgan fingerprint density at radius 2 is 2.15 bits per heavy atom. The number of halogens is 1. The molecular weight excluding hydrogens is 453 g/mol. The Morgan fingerprint density at radius 1 is 1.37 bits per heavy atom. The van der Waals surface area contributed by atoms with Gasteiger partial charge in [0.25, 0.3) is 0 Å². The first-order valence-electron chi connectivity index (χ1n) is 10.3. The number of nitrogens with one attached hydrogen (secondary N) is 2. The molecule has 2 aliphatic heterocycles. The van der Waals surface area contributed by atoms with Gasteiger partial charge in [0.05, 0.1) is 0 Å². The lowest BCUT2D eigenvalue weighted by Gasteiger charge is -2.46. The first-order valence-corrected chi connectivity index (χ1v) is 10.3. The van der Waals surface area contributed by atoms with E-state index in [-0.39, 0.29) is 40.8 Å². The second-order valence-electron chi connectivity index (χ2n) is 9.20. The molecule has 0 radical (unpaired) electrons. The maximum absolute atomic E-state index is 11.8. The Bertz CT molecular complexity index is 554. The summed E-state index contributed by atoms with van der Waals surface area (Å²) in [5, 5.41) is 6.73. The second-order valence-corrected chi connectivity index (χ2v) is 9.20. The molecule has 2 saturated heterocycles. The number of aliphatic imine (C=N–C) groups is 1. The van der Waals surface area contributed by atoms with E-state index in [1.807, 2.05) is 7.05 Å². The molecule has 3 fully saturated rings. The van der Waals surface area contributed by atoms with E-state index in [1.165, 1.54) is 25.7 Å². The molecular formula is C20H38IN5O. The fourth-order valence-corrected chi connectivity index (χ4v) is 5.36. The van der Waals surface area contributed by atoms with E-state index < -0.39 is 0 Å². The number of nitrogens with zero attached hydrogens (tertiary/aromatic N) is 3. The number of hydrogen-bond donors (Lipinski definition) is 2. The highest BCUT2D eigenvalue weighted by atomic mass is 127. The molecule has 2 N–H and O–H groups in total. The van der Waals surface area contributed by atoms with Gasteiger partial charge in [0.15, 0.2) is 5.96 Å². The summed E-state index contributed by atoms with van der Waals surface area (Å²) in [4.78, 5) is 21.1. The van der Waals surface area contributed by atoms with E-state index in [0.29, 0.717) is 6.42 Å². The molecule has 1 saturated carbocycles. The minimum atomic E-state index is 0. The van der Waals surface area contributed by atoms with Gasteiger partial charge in [-0.2, -0.15) is 0 Å². The number of hydrogen-bond acceptors (Lipinski definition) is 3. The molecule has 3 atom stereocenters. The Balaban J connectivity index is 0.00000261. The third-order valence-electron chi connectivity index (χ3n) is 6.96. The molecule has 0 aromatic rings. The molecule has 3 unspecified atom stereocenters. The number of rotatable bonds is 3. The topological polar surface area (TPSA) is 60.0 Å². The molecule has 156 valence electrons. The SMILES string of the molecule is CN=C(NCC1(N(C)C)CCCC(C)C1)N1CCCC2(CNC(=O)C2)C1.I. The summed E-state index contributed by atoms with van der Waals surface area (Å²) in [7, 11) is 6.32. The molecule has 0 aromatic carbocycles. The number of likely N-dealkylation sites (tertiary alicyclic amines) is 1. The number of likely N-dealkylation sites (N-methyl/N-ethyl adjacent to an activating group) is 1. The lowest BCUT2D eigenvalue weighted by molar-refractivity contribution is -0.119. The molecule has 1 amide bonds. The summed E-state index contributed by atoms with van der Waals surface area (Å²) >= 11 is 0. The number of piperidine rings is 1. The summed E-state index contributed by atoms with van der Waals surface area (Å²) in [5.74, 6) is 1.99. The monoisotopic (exact) mass is 491 g/mol. The van der Waals surface area contributed by atoms with Crippen LogP contribution in [-0.4, -0.2) is 74.5 Å². The molecule has 2 heterocycles. The number of carbonyl (C=O) groups is 1. The van der Waals surface area contributed by atoms with E-state index in [4.69, 9.17) is 0 Å². The summed E-state index contributed by atoms with van der Waals surface area (Å²) in [6.45, 7) is 6.10. The highest BCUT2D eigenvalue weighted by Gasteiger charge is 2.43. The van der Waals surface area contributed by atoms with Crippen molar-refractivity contribution in [2.75, 3.05) is 47.3 Å². The standard InChI is InChI=1S/C20H37N5O.HI/c1-16-7-5-9-20(11-16,24(3)4)14-23-18(21-2)25-10-6-8-19(15-25)12-17(26)22-13-19;/h16H,5-15H2,1-4H3,(H,21,23)(H,22,26);1H. The van der Waals surface area contributed by atoms with Crippen LogP contribution in [0, 0.1) is 11.3 Å². The quantitative estimate of drug-likeness (QED) is 0.362. The van der Waals surface area contributed by atoms with Gasteiger partial charge in [0.2, 0.25) is 5.91 Å². The van der Waals surface area contributed by atoms with Crippen molar-refractivity contribution < 1.29 is 4.79 Å².